The lowest BCUT2D eigenvalue weighted by Crippen LogP contribution is -2.36. The minimum Gasteiger partial charge on any atom is -0.350 e. The van der Waals surface area contributed by atoms with E-state index < -0.39 is 19.9 Å². The summed E-state index contributed by atoms with van der Waals surface area (Å²) in [5.41, 5.74) is 1.51. The van der Waals surface area contributed by atoms with Crippen LogP contribution >= 0.6 is 34.8 Å². The first-order valence-electron chi connectivity index (χ1n) is 7.38. The number of halogens is 3. The monoisotopic (exact) mass is 416 g/mol. The summed E-state index contributed by atoms with van der Waals surface area (Å²) in [6.07, 6.45) is 1.77. The van der Waals surface area contributed by atoms with E-state index in [-0.39, 0.29) is 4.90 Å². The molecule has 2 aromatic carbocycles. The number of hydrogen-bond donors (Lipinski definition) is 1. The molecular formula is C17H15Cl3N2O2S. The number of aromatic nitrogens is 1. The van der Waals surface area contributed by atoms with Crippen LogP contribution in [0.25, 0.3) is 10.9 Å². The van der Waals surface area contributed by atoms with E-state index >= 15 is 0 Å². The van der Waals surface area contributed by atoms with Gasteiger partial charge in [-0.25, -0.2) is 8.42 Å². The van der Waals surface area contributed by atoms with Gasteiger partial charge in [-0.15, -0.1) is 0 Å². The zero-order chi connectivity index (χ0) is 18.2. The molecule has 25 heavy (non-hydrogen) atoms. The molecule has 3 rings (SSSR count). The Labute approximate surface area is 161 Å². The Balaban J connectivity index is 2.10. The first-order chi connectivity index (χ1) is 11.7. The topological polar surface area (TPSA) is 51.1 Å². The van der Waals surface area contributed by atoms with Crippen molar-refractivity contribution in [3.8, 4) is 0 Å². The summed E-state index contributed by atoms with van der Waals surface area (Å²) < 4.78 is 28.0. The summed E-state index contributed by atoms with van der Waals surface area (Å²) in [6, 6.07) is 14.5. The second kappa shape index (κ2) is 6.82. The summed E-state index contributed by atoms with van der Waals surface area (Å²) in [7, 11) is -2.01. The van der Waals surface area contributed by atoms with Crippen LogP contribution in [-0.2, 0) is 17.1 Å². The van der Waals surface area contributed by atoms with Crippen LogP contribution in [0.3, 0.4) is 0 Å². The number of fused-ring (bicyclic) bond motifs is 1. The normalized spacial score (nSPS) is 13.9. The Bertz CT molecular complexity index is 996. The predicted molar refractivity (Wildman–Crippen MR) is 103 cm³/mol. The van der Waals surface area contributed by atoms with Crippen LogP contribution in [0.15, 0.2) is 65.7 Å². The van der Waals surface area contributed by atoms with Gasteiger partial charge in [0.1, 0.15) is 0 Å². The smallest absolute Gasteiger partial charge is 0.241 e. The van der Waals surface area contributed by atoms with Gasteiger partial charge in [0.05, 0.1) is 10.9 Å². The number of rotatable bonds is 4. The van der Waals surface area contributed by atoms with Crippen LogP contribution in [0.1, 0.15) is 11.6 Å². The zero-order valence-electron chi connectivity index (χ0n) is 13.2. The third-order valence-corrected chi connectivity index (χ3v) is 5.99. The van der Waals surface area contributed by atoms with Crippen molar-refractivity contribution in [2.75, 3.05) is 0 Å². The van der Waals surface area contributed by atoms with E-state index in [0.29, 0.717) is 5.56 Å². The van der Waals surface area contributed by atoms with Gasteiger partial charge in [-0.05, 0) is 23.8 Å². The van der Waals surface area contributed by atoms with Gasteiger partial charge in [0.2, 0.25) is 13.8 Å². The van der Waals surface area contributed by atoms with Gasteiger partial charge in [0, 0.05) is 24.1 Å². The quantitative estimate of drug-likeness (QED) is 0.632. The first kappa shape index (κ1) is 18.5. The highest BCUT2D eigenvalue weighted by atomic mass is 35.6. The number of benzene rings is 2. The lowest BCUT2D eigenvalue weighted by Gasteiger charge is -2.25. The highest BCUT2D eigenvalue weighted by molar-refractivity contribution is 7.89. The maximum absolute atomic E-state index is 12.7. The minimum absolute atomic E-state index is 0.106. The predicted octanol–water partition coefficient (Wildman–Crippen LogP) is 4.57. The van der Waals surface area contributed by atoms with E-state index in [4.69, 9.17) is 34.8 Å². The summed E-state index contributed by atoms with van der Waals surface area (Å²) in [4.78, 5) is 0.106. The molecule has 3 aromatic rings. The summed E-state index contributed by atoms with van der Waals surface area (Å²) in [5.74, 6) is 0. The van der Waals surface area contributed by atoms with Gasteiger partial charge in [-0.2, -0.15) is 4.72 Å². The summed E-state index contributed by atoms with van der Waals surface area (Å²) in [5, 5.41) is 0.817. The third kappa shape index (κ3) is 3.81. The molecule has 0 aliphatic rings. The third-order valence-electron chi connectivity index (χ3n) is 3.89. The van der Waals surface area contributed by atoms with E-state index in [9.17, 15) is 8.42 Å². The highest BCUT2D eigenvalue weighted by Crippen LogP contribution is 2.43. The molecule has 0 aliphatic carbocycles. The van der Waals surface area contributed by atoms with E-state index in [1.54, 1.807) is 24.4 Å². The summed E-state index contributed by atoms with van der Waals surface area (Å²) >= 11 is 18.4. The molecule has 1 aromatic heterocycles. The molecule has 0 fully saturated rings. The number of sulfonamides is 1. The maximum atomic E-state index is 12.7. The maximum Gasteiger partial charge on any atom is 0.241 e. The standard InChI is InChI=1S/C17H15Cl3N2O2S/c1-22-11-14(13-9-5-6-10-15(13)22)16(17(18,19)20)21-25(23,24)12-7-3-2-4-8-12/h2-11,16,21H,1H3. The van der Waals surface area contributed by atoms with Crippen LogP contribution in [0.4, 0.5) is 0 Å². The number of alkyl halides is 3. The second-order valence-electron chi connectivity index (χ2n) is 5.62. The molecule has 8 heteroatoms. The number of nitrogens with one attached hydrogen (secondary N) is 1. The largest absolute Gasteiger partial charge is 0.350 e. The van der Waals surface area contributed by atoms with Crippen LogP contribution in [0.2, 0.25) is 0 Å². The Morgan fingerprint density at radius 2 is 1.60 bits per heavy atom. The minimum atomic E-state index is -3.86. The molecule has 0 saturated heterocycles. The fourth-order valence-electron chi connectivity index (χ4n) is 2.73. The molecule has 1 atom stereocenters. The van der Waals surface area contributed by atoms with Gasteiger partial charge < -0.3 is 4.57 Å². The van der Waals surface area contributed by atoms with E-state index in [0.717, 1.165) is 10.9 Å². The number of para-hydroxylation sites is 1. The second-order valence-corrected chi connectivity index (χ2v) is 9.70. The van der Waals surface area contributed by atoms with Crippen LogP contribution in [0.5, 0.6) is 0 Å². The Hall–Kier alpha value is -1.24. The van der Waals surface area contributed by atoms with Crippen LogP contribution in [0, 0.1) is 0 Å². The molecule has 1 N–H and O–H groups in total. The lowest BCUT2D eigenvalue weighted by atomic mass is 10.1. The van der Waals surface area contributed by atoms with Crippen molar-refractivity contribution >= 4 is 55.7 Å². The van der Waals surface area contributed by atoms with Gasteiger partial charge in [0.25, 0.3) is 0 Å². The van der Waals surface area contributed by atoms with Crippen molar-refractivity contribution in [2.45, 2.75) is 14.7 Å². The molecular weight excluding hydrogens is 403 g/mol. The molecule has 1 heterocycles. The Morgan fingerprint density at radius 3 is 2.24 bits per heavy atom. The zero-order valence-corrected chi connectivity index (χ0v) is 16.2. The molecule has 0 bridgehead atoms. The van der Waals surface area contributed by atoms with Crippen LogP contribution < -0.4 is 4.72 Å². The van der Waals surface area contributed by atoms with Gasteiger partial charge in [-0.1, -0.05) is 71.2 Å². The van der Waals surface area contributed by atoms with Gasteiger partial charge in [0.15, 0.2) is 0 Å². The highest BCUT2D eigenvalue weighted by Gasteiger charge is 2.39. The van der Waals surface area contributed by atoms with E-state index in [1.807, 2.05) is 35.9 Å². The van der Waals surface area contributed by atoms with E-state index in [1.165, 1.54) is 12.1 Å². The first-order valence-corrected chi connectivity index (χ1v) is 10.00. The number of hydrogen-bond acceptors (Lipinski definition) is 2. The fraction of sp³-hybridized carbons (Fsp3) is 0.176. The molecule has 0 aliphatic heterocycles. The molecule has 0 saturated carbocycles. The average Bonchev–Trinajstić information content (AvgIpc) is 2.90. The van der Waals surface area contributed by atoms with Crippen molar-refractivity contribution < 1.29 is 8.42 Å². The van der Waals surface area contributed by atoms with Gasteiger partial charge in [-0.3, -0.25) is 0 Å². The molecule has 0 spiro atoms. The number of aryl methyl sites for hydroxylation is 1. The van der Waals surface area contributed by atoms with Crippen molar-refractivity contribution in [3.63, 3.8) is 0 Å². The molecule has 0 amide bonds. The molecule has 1 unspecified atom stereocenters. The van der Waals surface area contributed by atoms with Crippen molar-refractivity contribution in [1.82, 2.24) is 9.29 Å². The molecule has 4 nitrogen and oxygen atoms in total. The average molecular weight is 418 g/mol. The van der Waals surface area contributed by atoms with Crippen LogP contribution in [-0.4, -0.2) is 16.8 Å². The van der Waals surface area contributed by atoms with Crippen molar-refractivity contribution in [1.29, 1.82) is 0 Å². The molecule has 132 valence electrons. The lowest BCUT2D eigenvalue weighted by molar-refractivity contribution is 0.559. The Morgan fingerprint density at radius 1 is 1.00 bits per heavy atom. The van der Waals surface area contributed by atoms with Gasteiger partial charge >= 0.3 is 0 Å². The fourth-order valence-corrected chi connectivity index (χ4v) is 4.71. The van der Waals surface area contributed by atoms with Crippen molar-refractivity contribution in [2.24, 2.45) is 7.05 Å². The summed E-state index contributed by atoms with van der Waals surface area (Å²) in [6.45, 7) is 0. The Kier molecular flexibility index (Phi) is 5.06. The van der Waals surface area contributed by atoms with Crippen molar-refractivity contribution in [3.05, 3.63) is 66.4 Å². The molecule has 0 radical (unpaired) electrons. The number of nitrogens with zero attached hydrogens (tertiary/aromatic N) is 1. The SMILES string of the molecule is Cn1cc(C(NS(=O)(=O)c2ccccc2)C(Cl)(Cl)Cl)c2ccccc21. The van der Waals surface area contributed by atoms with E-state index in [2.05, 4.69) is 4.72 Å².